The summed E-state index contributed by atoms with van der Waals surface area (Å²) in [6.07, 6.45) is -0.566. The molecule has 0 aliphatic heterocycles. The normalized spacial score (nSPS) is 10.8. The van der Waals surface area contributed by atoms with Crippen LogP contribution in [0.4, 0.5) is 0 Å². The number of aliphatic carboxylic acids is 1. The highest BCUT2D eigenvalue weighted by atomic mass is 35.5. The lowest BCUT2D eigenvalue weighted by molar-refractivity contribution is -0.140. The van der Waals surface area contributed by atoms with Gasteiger partial charge < -0.3 is 5.11 Å². The molecule has 5 nitrogen and oxygen atoms in total. The van der Waals surface area contributed by atoms with Gasteiger partial charge in [0.25, 0.3) is 5.91 Å². The fourth-order valence-electron chi connectivity index (χ4n) is 3.07. The van der Waals surface area contributed by atoms with E-state index in [1.165, 1.54) is 0 Å². The minimum absolute atomic E-state index is 0.0282. The lowest BCUT2D eigenvalue weighted by Gasteiger charge is -2.08. The Morgan fingerprint density at radius 1 is 1.04 bits per heavy atom. The van der Waals surface area contributed by atoms with Crippen LogP contribution < -0.4 is 0 Å². The smallest absolute Gasteiger partial charge is 0.310 e. The van der Waals surface area contributed by atoms with E-state index in [2.05, 4.69) is 0 Å². The first-order valence-corrected chi connectivity index (χ1v) is 8.39. The number of fused-ring (bicyclic) bond motifs is 1. The third-order valence-electron chi connectivity index (χ3n) is 4.26. The zero-order valence-corrected chi connectivity index (χ0v) is 14.8. The summed E-state index contributed by atoms with van der Waals surface area (Å²) in [5, 5.41) is 10.1. The average molecular weight is 370 g/mol. The van der Waals surface area contributed by atoms with E-state index in [0.29, 0.717) is 27.4 Å². The number of carbonyl (C=O) groups is 3. The molecule has 0 fully saturated rings. The third kappa shape index (κ3) is 3.39. The van der Waals surface area contributed by atoms with Crippen molar-refractivity contribution in [2.45, 2.75) is 19.8 Å². The highest BCUT2D eigenvalue weighted by Gasteiger charge is 2.21. The Bertz CT molecular complexity index is 1020. The summed E-state index contributed by atoms with van der Waals surface area (Å²) in [4.78, 5) is 35.8. The lowest BCUT2D eigenvalue weighted by Crippen LogP contribution is -2.14. The van der Waals surface area contributed by atoms with Gasteiger partial charge in [-0.05, 0) is 42.8 Å². The summed E-state index contributed by atoms with van der Waals surface area (Å²) in [5.74, 6) is -1.79. The maximum Gasteiger partial charge on any atom is 0.310 e. The molecule has 0 radical (unpaired) electrons. The van der Waals surface area contributed by atoms with Gasteiger partial charge in [-0.15, -0.1) is 0 Å². The van der Waals surface area contributed by atoms with Crippen LogP contribution in [0.1, 0.15) is 28.0 Å². The molecule has 0 atom stereocenters. The number of nitrogens with zero attached hydrogens (tertiary/aromatic N) is 1. The van der Waals surface area contributed by atoms with Gasteiger partial charge in [-0.1, -0.05) is 29.8 Å². The third-order valence-corrected chi connectivity index (χ3v) is 4.51. The molecule has 132 valence electrons. The summed E-state index contributed by atoms with van der Waals surface area (Å²) >= 11 is 5.89. The molecule has 3 aromatic rings. The van der Waals surface area contributed by atoms with Crippen molar-refractivity contribution in [3.8, 4) is 0 Å². The summed E-state index contributed by atoms with van der Waals surface area (Å²) < 4.78 is 1.56. The zero-order chi connectivity index (χ0) is 18.8. The van der Waals surface area contributed by atoms with Crippen molar-refractivity contribution in [1.82, 2.24) is 4.57 Å². The second-order valence-corrected chi connectivity index (χ2v) is 6.45. The summed E-state index contributed by atoms with van der Waals surface area (Å²) in [7, 11) is 0. The van der Waals surface area contributed by atoms with Crippen molar-refractivity contribution >= 4 is 40.2 Å². The lowest BCUT2D eigenvalue weighted by atomic mass is 10.0. The first-order chi connectivity index (χ1) is 12.4. The number of hydrogen-bond acceptors (Lipinski definition) is 3. The number of rotatable bonds is 5. The van der Waals surface area contributed by atoms with Gasteiger partial charge in [0.05, 0.1) is 5.52 Å². The van der Waals surface area contributed by atoms with Crippen molar-refractivity contribution in [2.75, 3.05) is 0 Å². The Labute approximate surface area is 154 Å². The number of halogens is 1. The Balaban J connectivity index is 2.10. The number of aromatic nitrogens is 1. The van der Waals surface area contributed by atoms with E-state index >= 15 is 0 Å². The molecule has 0 amide bonds. The van der Waals surface area contributed by atoms with Crippen LogP contribution >= 0.6 is 11.6 Å². The second kappa shape index (κ2) is 7.14. The van der Waals surface area contributed by atoms with Crippen molar-refractivity contribution < 1.29 is 19.5 Å². The number of benzene rings is 2. The molecule has 3 rings (SSSR count). The van der Waals surface area contributed by atoms with Gasteiger partial charge in [0, 0.05) is 28.1 Å². The quantitative estimate of drug-likeness (QED) is 0.692. The zero-order valence-electron chi connectivity index (χ0n) is 14.0. The second-order valence-electron chi connectivity index (χ2n) is 6.01. The average Bonchev–Trinajstić information content (AvgIpc) is 2.86. The van der Waals surface area contributed by atoms with E-state index in [1.807, 2.05) is 18.2 Å². The number of hydrogen-bond donors (Lipinski definition) is 1. The first-order valence-electron chi connectivity index (χ1n) is 8.01. The number of para-hydroxylation sites is 1. The molecule has 1 aromatic heterocycles. The van der Waals surface area contributed by atoms with Gasteiger partial charge in [0.15, 0.2) is 0 Å². The van der Waals surface area contributed by atoms with E-state index in [4.69, 9.17) is 16.7 Å². The minimum atomic E-state index is -1.16. The Morgan fingerprint density at radius 3 is 2.35 bits per heavy atom. The van der Waals surface area contributed by atoms with Gasteiger partial charge >= 0.3 is 5.97 Å². The van der Waals surface area contributed by atoms with Gasteiger partial charge in [-0.3, -0.25) is 19.0 Å². The highest BCUT2D eigenvalue weighted by Crippen LogP contribution is 2.28. The molecule has 26 heavy (non-hydrogen) atoms. The molecule has 0 saturated carbocycles. The molecular formula is C20H16ClNO4. The highest BCUT2D eigenvalue weighted by molar-refractivity contribution is 6.30. The van der Waals surface area contributed by atoms with Crippen molar-refractivity contribution in [2.24, 2.45) is 0 Å². The SMILES string of the molecule is Cc1c(CC(=O)CC(=O)O)c2ccccc2n1C(=O)c1ccc(Cl)cc1. The van der Waals surface area contributed by atoms with Crippen LogP contribution in [0, 0.1) is 6.92 Å². The first kappa shape index (κ1) is 17.9. The van der Waals surface area contributed by atoms with Gasteiger partial charge in [0.2, 0.25) is 0 Å². The molecule has 1 heterocycles. The predicted octanol–water partition coefficient (Wildman–Crippen LogP) is 3.88. The number of carbonyl (C=O) groups excluding carboxylic acids is 2. The molecule has 0 aliphatic carbocycles. The maximum atomic E-state index is 13.0. The van der Waals surface area contributed by atoms with Crippen LogP contribution in [0.5, 0.6) is 0 Å². The summed E-state index contributed by atoms with van der Waals surface area (Å²) in [6, 6.07) is 13.9. The van der Waals surface area contributed by atoms with Gasteiger partial charge in [0.1, 0.15) is 12.2 Å². The Kier molecular flexibility index (Phi) is 4.91. The van der Waals surface area contributed by atoms with Crippen LogP contribution in [0.3, 0.4) is 0 Å². The predicted molar refractivity (Wildman–Crippen MR) is 98.8 cm³/mol. The van der Waals surface area contributed by atoms with E-state index < -0.39 is 18.2 Å². The molecule has 0 unspecified atom stereocenters. The number of ketones is 1. The molecular weight excluding hydrogens is 354 g/mol. The van der Waals surface area contributed by atoms with Crippen LogP contribution in [0.2, 0.25) is 5.02 Å². The van der Waals surface area contributed by atoms with Crippen LogP contribution in [-0.2, 0) is 16.0 Å². The van der Waals surface area contributed by atoms with E-state index in [9.17, 15) is 14.4 Å². The molecule has 0 aliphatic rings. The molecule has 2 aromatic carbocycles. The topological polar surface area (TPSA) is 76.4 Å². The van der Waals surface area contributed by atoms with Crippen molar-refractivity contribution in [3.63, 3.8) is 0 Å². The Morgan fingerprint density at radius 2 is 1.69 bits per heavy atom. The summed E-state index contributed by atoms with van der Waals surface area (Å²) in [6.45, 7) is 1.76. The van der Waals surface area contributed by atoms with E-state index in [1.54, 1.807) is 41.8 Å². The van der Waals surface area contributed by atoms with Crippen LogP contribution in [0.15, 0.2) is 48.5 Å². The summed E-state index contributed by atoms with van der Waals surface area (Å²) in [5.41, 5.74) is 2.46. The van der Waals surface area contributed by atoms with Crippen LogP contribution in [0.25, 0.3) is 10.9 Å². The van der Waals surface area contributed by atoms with Gasteiger partial charge in [-0.25, -0.2) is 0 Å². The van der Waals surface area contributed by atoms with E-state index in [0.717, 1.165) is 5.39 Å². The molecule has 6 heteroatoms. The Hall–Kier alpha value is -2.92. The molecule has 1 N–H and O–H groups in total. The monoisotopic (exact) mass is 369 g/mol. The van der Waals surface area contributed by atoms with Crippen molar-refractivity contribution in [3.05, 3.63) is 70.4 Å². The number of carboxylic acid groups (broad SMARTS) is 1. The fourth-order valence-corrected chi connectivity index (χ4v) is 3.20. The minimum Gasteiger partial charge on any atom is -0.481 e. The molecule has 0 bridgehead atoms. The number of Topliss-reactive ketones (excluding diaryl/α,β-unsaturated/α-hetero) is 1. The number of carboxylic acids is 1. The largest absolute Gasteiger partial charge is 0.481 e. The standard InChI is InChI=1S/C20H16ClNO4/c1-12-17(10-15(23)11-19(24)25)16-4-2-3-5-18(16)22(12)20(26)13-6-8-14(21)9-7-13/h2-9H,10-11H2,1H3,(H,24,25). The molecule has 0 saturated heterocycles. The molecule has 0 spiro atoms. The van der Waals surface area contributed by atoms with Gasteiger partial charge in [-0.2, -0.15) is 0 Å². The maximum absolute atomic E-state index is 13.0. The fraction of sp³-hybridized carbons (Fsp3) is 0.150. The van der Waals surface area contributed by atoms with Crippen LogP contribution in [-0.4, -0.2) is 27.3 Å². The van der Waals surface area contributed by atoms with Crippen molar-refractivity contribution in [1.29, 1.82) is 0 Å². The van der Waals surface area contributed by atoms with E-state index in [-0.39, 0.29) is 12.3 Å².